The van der Waals surface area contributed by atoms with Crippen molar-refractivity contribution in [3.8, 4) is 17.2 Å². The number of fused-ring (bicyclic) bond motifs is 1. The first-order valence-corrected chi connectivity index (χ1v) is 14.3. The van der Waals surface area contributed by atoms with E-state index < -0.39 is 46.9 Å². The quantitative estimate of drug-likeness (QED) is 0.109. The first-order chi connectivity index (χ1) is 20.0. The molecule has 3 atom stereocenters. The Morgan fingerprint density at radius 3 is 2.50 bits per heavy atom. The van der Waals surface area contributed by atoms with E-state index in [0.717, 1.165) is 17.0 Å². The number of carbonyl (C=O) groups is 4. The van der Waals surface area contributed by atoms with Crippen LogP contribution in [0.2, 0.25) is 0 Å². The van der Waals surface area contributed by atoms with Crippen LogP contribution in [-0.4, -0.2) is 92.1 Å². The van der Waals surface area contributed by atoms with Crippen LogP contribution in [0, 0.1) is 0 Å². The van der Waals surface area contributed by atoms with Crippen LogP contribution >= 0.6 is 23.5 Å². The molecule has 2 aliphatic heterocycles. The predicted molar refractivity (Wildman–Crippen MR) is 147 cm³/mol. The van der Waals surface area contributed by atoms with Gasteiger partial charge in [0.1, 0.15) is 40.4 Å². The van der Waals surface area contributed by atoms with Crippen LogP contribution in [0.4, 0.5) is 0 Å². The number of rotatable bonds is 9. The Balaban J connectivity index is 1.34. The maximum absolute atomic E-state index is 13.5. The van der Waals surface area contributed by atoms with E-state index in [1.165, 1.54) is 58.5 Å². The van der Waals surface area contributed by atoms with E-state index in [1.807, 2.05) is 0 Å². The molecule has 6 N–H and O–H groups in total. The van der Waals surface area contributed by atoms with Crippen molar-refractivity contribution in [2.24, 2.45) is 7.05 Å². The van der Waals surface area contributed by atoms with Crippen molar-refractivity contribution in [2.45, 2.75) is 22.6 Å². The molecule has 0 spiro atoms. The number of thioether (sulfide) groups is 2. The second kappa shape index (κ2) is 11.6. The van der Waals surface area contributed by atoms with Gasteiger partial charge in [0.2, 0.25) is 11.1 Å². The van der Waals surface area contributed by atoms with E-state index in [-0.39, 0.29) is 39.8 Å². The molecule has 3 heterocycles. The minimum Gasteiger partial charge on any atom is -0.508 e. The average molecular weight is 614 g/mol. The fourth-order valence-electron chi connectivity index (χ4n) is 4.41. The summed E-state index contributed by atoms with van der Waals surface area (Å²) in [6.07, 6.45) is 0. The molecule has 42 heavy (non-hydrogen) atoms. The number of nitrogens with one attached hydrogen (secondary N) is 2. The fourth-order valence-corrected chi connectivity index (χ4v) is 6.74. The summed E-state index contributed by atoms with van der Waals surface area (Å²) in [6, 6.07) is 6.27. The molecule has 0 saturated carbocycles. The lowest BCUT2D eigenvalue weighted by molar-refractivity contribution is -0.151. The molecule has 5 rings (SSSR count). The first-order valence-electron chi connectivity index (χ1n) is 12.2. The molecule has 3 amide bonds. The highest BCUT2D eigenvalue weighted by Crippen LogP contribution is 2.41. The number of hydrogen-bond acceptors (Lipinski definition) is 12. The standard InChI is InChI=1S/C25H23N7O8S2/c1-31-25(28-29-30-31)42-10-12-9-41-23-18(22(38)32(23)19(12)24(39)40)27-21(37)17(11-2-4-13(33)5-3-11)26-20(36)15-8-14(34)6-7-16(15)35/h2-8,17-18,23,33-35H,9-10H2,1H3,(H,26,36)(H,27,37)(H,39,40)/t17?,18?,23-/m1/s1. The number of phenolic OH excluding ortho intramolecular Hbond substituents is 3. The molecule has 2 aliphatic rings. The number of benzene rings is 2. The monoisotopic (exact) mass is 613 g/mol. The summed E-state index contributed by atoms with van der Waals surface area (Å²) in [5, 5.41) is 55.5. The zero-order valence-corrected chi connectivity index (χ0v) is 23.3. The van der Waals surface area contributed by atoms with Gasteiger partial charge in [0.05, 0.1) is 5.56 Å². The minimum atomic E-state index is -1.38. The van der Waals surface area contributed by atoms with Gasteiger partial charge in [-0.05, 0) is 51.9 Å². The highest BCUT2D eigenvalue weighted by Gasteiger charge is 2.54. The van der Waals surface area contributed by atoms with Crippen LogP contribution in [-0.2, 0) is 21.4 Å². The first kappa shape index (κ1) is 28.7. The molecule has 0 radical (unpaired) electrons. The van der Waals surface area contributed by atoms with Crippen molar-refractivity contribution < 1.29 is 39.6 Å². The van der Waals surface area contributed by atoms with Gasteiger partial charge in [-0.15, -0.1) is 16.9 Å². The van der Waals surface area contributed by atoms with Crippen molar-refractivity contribution in [3.05, 3.63) is 64.9 Å². The molecular weight excluding hydrogens is 590 g/mol. The fraction of sp³-hybridized carbons (Fsp3) is 0.240. The summed E-state index contributed by atoms with van der Waals surface area (Å²) in [5.74, 6) is -3.90. The van der Waals surface area contributed by atoms with E-state index in [1.54, 1.807) is 7.05 Å². The molecule has 1 saturated heterocycles. The van der Waals surface area contributed by atoms with Crippen molar-refractivity contribution in [1.82, 2.24) is 35.7 Å². The van der Waals surface area contributed by atoms with Crippen molar-refractivity contribution >= 4 is 47.2 Å². The third-order valence-corrected chi connectivity index (χ3v) is 8.93. The normalized spacial score (nSPS) is 18.6. The van der Waals surface area contributed by atoms with Crippen LogP contribution in [0.3, 0.4) is 0 Å². The number of carboxylic acid groups (broad SMARTS) is 1. The van der Waals surface area contributed by atoms with Crippen LogP contribution in [0.5, 0.6) is 17.2 Å². The molecule has 0 bridgehead atoms. The van der Waals surface area contributed by atoms with Crippen LogP contribution in [0.25, 0.3) is 0 Å². The summed E-state index contributed by atoms with van der Waals surface area (Å²) in [7, 11) is 1.65. The van der Waals surface area contributed by atoms with Gasteiger partial charge in [-0.2, -0.15) is 0 Å². The van der Waals surface area contributed by atoms with Gasteiger partial charge in [-0.3, -0.25) is 19.3 Å². The van der Waals surface area contributed by atoms with Gasteiger partial charge in [0.15, 0.2) is 0 Å². The Kier molecular flexibility index (Phi) is 7.95. The largest absolute Gasteiger partial charge is 0.508 e. The number of nitrogens with zero attached hydrogens (tertiary/aromatic N) is 5. The molecule has 17 heteroatoms. The Morgan fingerprint density at radius 2 is 1.83 bits per heavy atom. The zero-order valence-electron chi connectivity index (χ0n) is 21.7. The third-order valence-electron chi connectivity index (χ3n) is 6.49. The second-order valence-electron chi connectivity index (χ2n) is 9.23. The lowest BCUT2D eigenvalue weighted by Gasteiger charge is -2.49. The Bertz CT molecular complexity index is 1610. The number of aromatic nitrogens is 4. The van der Waals surface area contributed by atoms with Gasteiger partial charge in [0, 0.05) is 18.6 Å². The molecule has 15 nitrogen and oxygen atoms in total. The number of β-lactam (4-membered cyclic amide) rings is 1. The molecule has 1 aromatic heterocycles. The molecule has 3 aromatic rings. The molecule has 2 unspecified atom stereocenters. The lowest BCUT2D eigenvalue weighted by Crippen LogP contribution is -2.71. The third kappa shape index (κ3) is 5.55. The Morgan fingerprint density at radius 1 is 1.12 bits per heavy atom. The summed E-state index contributed by atoms with van der Waals surface area (Å²) < 4.78 is 1.44. The summed E-state index contributed by atoms with van der Waals surface area (Å²) >= 11 is 2.50. The number of aryl methyl sites for hydroxylation is 1. The van der Waals surface area contributed by atoms with Crippen molar-refractivity contribution in [3.63, 3.8) is 0 Å². The van der Waals surface area contributed by atoms with E-state index in [2.05, 4.69) is 26.2 Å². The van der Waals surface area contributed by atoms with E-state index in [4.69, 9.17) is 0 Å². The van der Waals surface area contributed by atoms with Crippen molar-refractivity contribution in [1.29, 1.82) is 0 Å². The SMILES string of the molecule is Cn1nnnc1SCC1=C(C(=O)O)N2C(=O)C(NC(=O)C(NC(=O)c3cc(O)ccc3O)c3ccc(O)cc3)[C@H]2SC1. The number of carboxylic acids is 1. The zero-order chi connectivity index (χ0) is 30.1. The van der Waals surface area contributed by atoms with E-state index in [0.29, 0.717) is 10.7 Å². The smallest absolute Gasteiger partial charge is 0.352 e. The molecule has 218 valence electrons. The van der Waals surface area contributed by atoms with Gasteiger partial charge in [0.25, 0.3) is 11.8 Å². The van der Waals surface area contributed by atoms with Crippen molar-refractivity contribution in [2.75, 3.05) is 11.5 Å². The maximum atomic E-state index is 13.5. The highest BCUT2D eigenvalue weighted by atomic mass is 32.2. The number of phenols is 3. The molecule has 2 aromatic carbocycles. The summed E-state index contributed by atoms with van der Waals surface area (Å²) in [4.78, 5) is 53.0. The van der Waals surface area contributed by atoms with Gasteiger partial charge in [-0.1, -0.05) is 23.9 Å². The van der Waals surface area contributed by atoms with Gasteiger partial charge in [-0.25, -0.2) is 9.48 Å². The molecule has 0 aliphatic carbocycles. The number of tetrazole rings is 1. The summed E-state index contributed by atoms with van der Waals surface area (Å²) in [6.45, 7) is 0. The highest BCUT2D eigenvalue weighted by molar-refractivity contribution is 8.01. The van der Waals surface area contributed by atoms with Crippen LogP contribution < -0.4 is 10.6 Å². The predicted octanol–water partition coefficient (Wildman–Crippen LogP) is 0.329. The lowest BCUT2D eigenvalue weighted by atomic mass is 10.0. The molecular formula is C25H23N7O8S2. The number of amides is 3. The number of aliphatic carboxylic acids is 1. The second-order valence-corrected chi connectivity index (χ2v) is 11.3. The van der Waals surface area contributed by atoms with E-state index >= 15 is 0 Å². The van der Waals surface area contributed by atoms with E-state index in [9.17, 15) is 39.6 Å². The van der Waals surface area contributed by atoms with Gasteiger partial charge >= 0.3 is 5.97 Å². The Hall–Kier alpha value is -4.77. The number of carbonyl (C=O) groups excluding carboxylic acids is 3. The minimum absolute atomic E-state index is 0.0873. The summed E-state index contributed by atoms with van der Waals surface area (Å²) in [5.41, 5.74) is 0.288. The molecule has 1 fully saturated rings. The maximum Gasteiger partial charge on any atom is 0.352 e. The van der Waals surface area contributed by atoms with Crippen LogP contribution in [0.15, 0.2) is 58.9 Å². The topological polar surface area (TPSA) is 220 Å². The average Bonchev–Trinajstić information content (AvgIpc) is 3.38. The van der Waals surface area contributed by atoms with Gasteiger partial charge < -0.3 is 31.1 Å². The van der Waals surface area contributed by atoms with Crippen LogP contribution in [0.1, 0.15) is 22.0 Å². The Labute approximate surface area is 245 Å². The number of hydrogen-bond donors (Lipinski definition) is 6. The number of aromatic hydroxyl groups is 3.